The number of pyridine rings is 2. The molecular weight excluding hydrogens is 869 g/mol. The van der Waals surface area contributed by atoms with Gasteiger partial charge in [-0.3, -0.25) is 0 Å². The molecule has 8 rings (SSSR count). The molecule has 0 N–H and O–H groups in total. The average molecular weight is 917 g/mol. The quantitative estimate of drug-likeness (QED) is 0.118. The standard InChI is InChI=1S/C26H20NS.C23H26NSi.Ir/c1-17(2)19-13-14-27-24(16-19)22-10-6-9-21-23-15-20(18-7-4-3-5-8-18)11-12-25(23)28-26(21)22;1-17(2)21-15-22(24-16-23(21)25(3,4)5)20-13-9-12-19(14-20)18-10-7-6-8-11-18;/h3-9,11-17H,1-2H3;6-12,14-17H,1-5H3;/q2*-1;/i2*17D;. The van der Waals surface area contributed by atoms with Crippen LogP contribution in [0.4, 0.5) is 0 Å². The van der Waals surface area contributed by atoms with Crippen LogP contribution in [-0.2, 0) is 20.1 Å². The number of nitrogens with zero attached hydrogens (tertiary/aromatic N) is 2. The Morgan fingerprint density at radius 2 is 1.30 bits per heavy atom. The zero-order valence-corrected chi connectivity index (χ0v) is 36.1. The van der Waals surface area contributed by atoms with E-state index in [4.69, 9.17) is 7.73 Å². The third-order valence-electron chi connectivity index (χ3n) is 9.57. The molecule has 0 saturated carbocycles. The fourth-order valence-corrected chi connectivity index (χ4v) is 9.43. The first-order valence-electron chi connectivity index (χ1n) is 19.1. The molecule has 0 atom stereocenters. The van der Waals surface area contributed by atoms with Gasteiger partial charge >= 0.3 is 0 Å². The fourth-order valence-electron chi connectivity index (χ4n) is 6.66. The predicted octanol–water partition coefficient (Wildman–Crippen LogP) is 13.6. The summed E-state index contributed by atoms with van der Waals surface area (Å²) in [7, 11) is -1.57. The van der Waals surface area contributed by atoms with Crippen molar-refractivity contribution in [2.24, 2.45) is 0 Å². The van der Waals surface area contributed by atoms with Gasteiger partial charge in [-0.05, 0) is 73.3 Å². The Bertz CT molecular complexity index is 2600. The number of fused-ring (bicyclic) bond motifs is 3. The molecule has 5 aromatic carbocycles. The third kappa shape index (κ3) is 8.56. The Labute approximate surface area is 342 Å². The monoisotopic (exact) mass is 917 g/mol. The summed E-state index contributed by atoms with van der Waals surface area (Å²) in [5.74, 6) is -1.30. The molecule has 273 valence electrons. The van der Waals surface area contributed by atoms with Crippen LogP contribution in [0.1, 0.15) is 53.4 Å². The van der Waals surface area contributed by atoms with Gasteiger partial charge in [0, 0.05) is 39.9 Å². The number of thiophene rings is 1. The van der Waals surface area contributed by atoms with E-state index < -0.39 is 19.9 Å². The van der Waals surface area contributed by atoms with Crippen molar-refractivity contribution >= 4 is 44.8 Å². The second-order valence-electron chi connectivity index (χ2n) is 14.9. The maximum atomic E-state index is 8.61. The van der Waals surface area contributed by atoms with Crippen molar-refractivity contribution in [2.45, 2.75) is 59.1 Å². The normalized spacial score (nSPS) is 12.4. The Morgan fingerprint density at radius 1 is 0.630 bits per heavy atom. The largest absolute Gasteiger partial charge is 0.305 e. The van der Waals surface area contributed by atoms with Crippen LogP contribution in [0.2, 0.25) is 19.6 Å². The molecule has 2 nitrogen and oxygen atoms in total. The van der Waals surface area contributed by atoms with Crippen LogP contribution in [0.15, 0.2) is 140 Å². The molecule has 0 amide bonds. The first kappa shape index (κ1) is 36.5. The zero-order valence-electron chi connectivity index (χ0n) is 33.9. The molecule has 5 heteroatoms. The zero-order chi connectivity index (χ0) is 39.0. The molecule has 0 unspecified atom stereocenters. The van der Waals surface area contributed by atoms with Crippen LogP contribution in [0.3, 0.4) is 0 Å². The second kappa shape index (κ2) is 16.9. The number of aromatic nitrogens is 2. The molecule has 0 spiro atoms. The van der Waals surface area contributed by atoms with Crippen LogP contribution in [-0.4, -0.2) is 18.0 Å². The van der Waals surface area contributed by atoms with Crippen molar-refractivity contribution < 1.29 is 22.8 Å². The molecule has 3 aromatic heterocycles. The van der Waals surface area contributed by atoms with Gasteiger partial charge in [-0.25, -0.2) is 0 Å². The molecule has 54 heavy (non-hydrogen) atoms. The molecule has 1 radical (unpaired) electrons. The topological polar surface area (TPSA) is 25.8 Å². The van der Waals surface area contributed by atoms with Gasteiger partial charge in [-0.15, -0.1) is 59.2 Å². The van der Waals surface area contributed by atoms with E-state index in [0.717, 1.165) is 39.2 Å². The van der Waals surface area contributed by atoms with E-state index in [1.165, 1.54) is 42.0 Å². The van der Waals surface area contributed by atoms with Crippen molar-refractivity contribution in [3.8, 4) is 44.8 Å². The van der Waals surface area contributed by atoms with Gasteiger partial charge in [0.1, 0.15) is 0 Å². The summed E-state index contributed by atoms with van der Waals surface area (Å²) in [6.45, 7) is 14.6. The van der Waals surface area contributed by atoms with Gasteiger partial charge in [0.15, 0.2) is 0 Å². The Kier molecular flexibility index (Phi) is 11.4. The molecule has 0 aliphatic carbocycles. The summed E-state index contributed by atoms with van der Waals surface area (Å²) in [5, 5.41) is 3.76. The van der Waals surface area contributed by atoms with Crippen molar-refractivity contribution in [1.29, 1.82) is 0 Å². The summed E-state index contributed by atoms with van der Waals surface area (Å²) in [5.41, 5.74) is 10.6. The molecule has 3 heterocycles. The van der Waals surface area contributed by atoms with E-state index in [-0.39, 0.29) is 20.1 Å². The van der Waals surface area contributed by atoms with Gasteiger partial charge in [0.2, 0.25) is 0 Å². The molecule has 0 aliphatic rings. The van der Waals surface area contributed by atoms with E-state index >= 15 is 0 Å². The third-order valence-corrected chi connectivity index (χ3v) is 12.8. The number of rotatable bonds is 7. The van der Waals surface area contributed by atoms with Crippen molar-refractivity contribution in [1.82, 2.24) is 9.97 Å². The van der Waals surface area contributed by atoms with Gasteiger partial charge in [0.25, 0.3) is 0 Å². The Hall–Kier alpha value is -4.51. The summed E-state index contributed by atoms with van der Waals surface area (Å²) in [6.07, 6.45) is 3.80. The van der Waals surface area contributed by atoms with Crippen LogP contribution < -0.4 is 5.19 Å². The van der Waals surface area contributed by atoms with Gasteiger partial charge in [-0.1, -0.05) is 143 Å². The van der Waals surface area contributed by atoms with E-state index in [2.05, 4.69) is 116 Å². The van der Waals surface area contributed by atoms with Crippen molar-refractivity contribution in [3.63, 3.8) is 0 Å². The van der Waals surface area contributed by atoms with Crippen LogP contribution in [0.5, 0.6) is 0 Å². The molecule has 0 fully saturated rings. The minimum atomic E-state index is -1.57. The smallest absolute Gasteiger partial charge is 0.0799 e. The SMILES string of the molecule is [2H]C(C)(C)c1cc(-c2[c-]ccc(-c3ccccc3)c2)ncc1[Si](C)(C)C.[2H]C(C)(C)c1ccnc(-c2[c-]ccc3c2sc2ccc(-c4ccccc4)cc23)c1.[Ir]. The maximum Gasteiger partial charge on any atom is 0.0799 e. The maximum absolute atomic E-state index is 8.61. The Morgan fingerprint density at radius 3 is 1.94 bits per heavy atom. The first-order chi connectivity index (χ1) is 26.2. The summed E-state index contributed by atoms with van der Waals surface area (Å²) in [6, 6.07) is 50.6. The van der Waals surface area contributed by atoms with Gasteiger partial charge in [-0.2, -0.15) is 11.3 Å². The minimum Gasteiger partial charge on any atom is -0.305 e. The predicted molar refractivity (Wildman–Crippen MR) is 232 cm³/mol. The van der Waals surface area contributed by atoms with E-state index in [0.29, 0.717) is 0 Å². The average Bonchev–Trinajstić information content (AvgIpc) is 3.56. The van der Waals surface area contributed by atoms with Gasteiger partial charge in [0.05, 0.1) is 8.07 Å². The van der Waals surface area contributed by atoms with Crippen molar-refractivity contribution in [2.75, 3.05) is 0 Å². The van der Waals surface area contributed by atoms with E-state index in [1.54, 1.807) is 17.5 Å². The van der Waals surface area contributed by atoms with Crippen molar-refractivity contribution in [3.05, 3.63) is 163 Å². The first-order valence-corrected chi connectivity index (χ1v) is 22.5. The van der Waals surface area contributed by atoms with E-state index in [1.807, 2.05) is 82.4 Å². The fraction of sp³-hybridized carbons (Fsp3) is 0.184. The molecule has 8 aromatic rings. The van der Waals surface area contributed by atoms with Gasteiger partial charge < -0.3 is 9.97 Å². The molecule has 0 saturated heterocycles. The van der Waals surface area contributed by atoms with Crippen LogP contribution in [0, 0.1) is 12.1 Å². The van der Waals surface area contributed by atoms with E-state index in [9.17, 15) is 0 Å². The number of hydrogen-bond donors (Lipinski definition) is 0. The Balaban J connectivity index is 0.000000188. The second-order valence-corrected chi connectivity index (χ2v) is 21.0. The molecular formula is C49H46IrN2SSi-2. The molecule has 0 bridgehead atoms. The van der Waals surface area contributed by atoms with Crippen LogP contribution >= 0.6 is 11.3 Å². The summed E-state index contributed by atoms with van der Waals surface area (Å²) >= 11 is 1.78. The summed E-state index contributed by atoms with van der Waals surface area (Å²) < 4.78 is 19.4. The number of hydrogen-bond acceptors (Lipinski definition) is 3. The number of benzene rings is 5. The molecule has 0 aliphatic heterocycles. The summed E-state index contributed by atoms with van der Waals surface area (Å²) in [4.78, 5) is 9.35. The minimum absolute atomic E-state index is 0. The van der Waals surface area contributed by atoms with Crippen LogP contribution in [0.25, 0.3) is 64.9 Å².